The zero-order valence-corrected chi connectivity index (χ0v) is 17.3. The van der Waals surface area contributed by atoms with Gasteiger partial charge in [-0.3, -0.25) is 14.4 Å². The van der Waals surface area contributed by atoms with Crippen molar-refractivity contribution in [2.75, 3.05) is 6.54 Å². The third-order valence-electron chi connectivity index (χ3n) is 4.52. The number of hydrogen-bond donors (Lipinski definition) is 2. The molecule has 7 nitrogen and oxygen atoms in total. The Kier molecular flexibility index (Phi) is 6.77. The van der Waals surface area contributed by atoms with E-state index in [4.69, 9.17) is 0 Å². The number of carbonyl (C=O) groups excluding carboxylic acids is 2. The van der Waals surface area contributed by atoms with Crippen LogP contribution in [0.5, 0.6) is 0 Å². The van der Waals surface area contributed by atoms with Crippen molar-refractivity contribution in [3.05, 3.63) is 62.8 Å². The molecule has 0 aliphatic carbocycles. The van der Waals surface area contributed by atoms with Gasteiger partial charge in [0.2, 0.25) is 5.91 Å². The summed E-state index contributed by atoms with van der Waals surface area (Å²) in [5.41, 5.74) is 0.400. The fourth-order valence-electron chi connectivity index (χ4n) is 3.01. The second kappa shape index (κ2) is 9.47. The van der Waals surface area contributed by atoms with Crippen molar-refractivity contribution in [3.63, 3.8) is 0 Å². The average molecular weight is 413 g/mol. The minimum atomic E-state index is -0.210. The van der Waals surface area contributed by atoms with Crippen LogP contribution in [-0.4, -0.2) is 39.3 Å². The molecule has 3 rings (SSSR count). The van der Waals surface area contributed by atoms with Crippen LogP contribution >= 0.6 is 11.3 Å². The Balaban J connectivity index is 1.58. The molecule has 0 radical (unpaired) electrons. The Morgan fingerprint density at radius 2 is 2.00 bits per heavy atom. The number of hydrogen-bond acceptors (Lipinski definition) is 5. The molecule has 0 bridgehead atoms. The summed E-state index contributed by atoms with van der Waals surface area (Å²) in [5.74, 6) is 0.300. The van der Waals surface area contributed by atoms with Crippen molar-refractivity contribution in [1.82, 2.24) is 20.2 Å². The van der Waals surface area contributed by atoms with Crippen LogP contribution in [0.2, 0.25) is 0 Å². The maximum absolute atomic E-state index is 12.7. The van der Waals surface area contributed by atoms with Gasteiger partial charge >= 0.3 is 0 Å². The third-order valence-corrected chi connectivity index (χ3v) is 5.39. The van der Waals surface area contributed by atoms with Gasteiger partial charge in [-0.15, -0.1) is 11.3 Å². The number of amides is 2. The van der Waals surface area contributed by atoms with Gasteiger partial charge in [-0.2, -0.15) is 0 Å². The van der Waals surface area contributed by atoms with E-state index < -0.39 is 0 Å². The van der Waals surface area contributed by atoms with Crippen molar-refractivity contribution >= 4 is 34.1 Å². The largest absolute Gasteiger partial charge is 0.351 e. The first-order valence-electron chi connectivity index (χ1n) is 9.55. The second-order valence-corrected chi connectivity index (χ2v) is 7.93. The molecule has 0 aliphatic rings. The highest BCUT2D eigenvalue weighted by Gasteiger charge is 2.19. The molecule has 2 heterocycles. The third kappa shape index (κ3) is 5.29. The number of H-pyrrole nitrogens is 1. The van der Waals surface area contributed by atoms with Crippen LogP contribution in [-0.2, 0) is 11.3 Å². The zero-order chi connectivity index (χ0) is 20.8. The van der Waals surface area contributed by atoms with Crippen molar-refractivity contribution in [2.24, 2.45) is 0 Å². The Bertz CT molecular complexity index is 1040. The van der Waals surface area contributed by atoms with E-state index in [9.17, 15) is 14.4 Å². The molecular weight excluding hydrogens is 388 g/mol. The van der Waals surface area contributed by atoms with Crippen molar-refractivity contribution in [2.45, 2.75) is 39.3 Å². The maximum Gasteiger partial charge on any atom is 0.261 e. The lowest BCUT2D eigenvalue weighted by Crippen LogP contribution is -2.37. The summed E-state index contributed by atoms with van der Waals surface area (Å²) in [7, 11) is 0. The fourth-order valence-corrected chi connectivity index (χ4v) is 3.65. The quantitative estimate of drug-likeness (QED) is 0.556. The van der Waals surface area contributed by atoms with Gasteiger partial charge in [0, 0.05) is 19.0 Å². The molecule has 1 aromatic carbocycles. The molecule has 0 aliphatic heterocycles. The van der Waals surface area contributed by atoms with Crippen molar-refractivity contribution in [3.8, 4) is 0 Å². The van der Waals surface area contributed by atoms with Gasteiger partial charge in [-0.25, -0.2) is 4.98 Å². The zero-order valence-electron chi connectivity index (χ0n) is 16.5. The topological polar surface area (TPSA) is 95.2 Å². The van der Waals surface area contributed by atoms with Crippen molar-refractivity contribution < 1.29 is 9.59 Å². The summed E-state index contributed by atoms with van der Waals surface area (Å²) in [4.78, 5) is 46.5. The predicted octanol–water partition coefficient (Wildman–Crippen LogP) is 2.93. The summed E-state index contributed by atoms with van der Waals surface area (Å²) in [6, 6.07) is 10.7. The van der Waals surface area contributed by atoms with E-state index in [1.807, 2.05) is 31.4 Å². The standard InChI is InChI=1S/C21H24N4O3S/c1-14(2)25(13-18-23-16-8-4-3-7-15(16)20(27)24-18)19(26)10-5-11-22-21(28)17-9-6-12-29-17/h3-4,6-9,12,14H,5,10-11,13H2,1-2H3,(H,22,28)(H,23,24,27). The lowest BCUT2D eigenvalue weighted by molar-refractivity contribution is -0.133. The Morgan fingerprint density at radius 1 is 1.21 bits per heavy atom. The number of fused-ring (bicyclic) bond motifs is 1. The number of rotatable bonds is 8. The number of para-hydroxylation sites is 1. The molecule has 0 saturated heterocycles. The molecular formula is C21H24N4O3S. The highest BCUT2D eigenvalue weighted by molar-refractivity contribution is 7.12. The number of aromatic nitrogens is 2. The molecule has 2 amide bonds. The van der Waals surface area contributed by atoms with E-state index >= 15 is 0 Å². The normalized spacial score (nSPS) is 11.0. The van der Waals surface area contributed by atoms with E-state index in [0.29, 0.717) is 41.0 Å². The minimum Gasteiger partial charge on any atom is -0.351 e. The van der Waals surface area contributed by atoms with Gasteiger partial charge in [0.1, 0.15) is 5.82 Å². The molecule has 3 aromatic rings. The number of nitrogens with zero attached hydrogens (tertiary/aromatic N) is 2. The average Bonchev–Trinajstić information content (AvgIpc) is 3.24. The molecule has 0 atom stereocenters. The van der Waals surface area contributed by atoms with Crippen LogP contribution in [0.15, 0.2) is 46.6 Å². The molecule has 0 unspecified atom stereocenters. The van der Waals surface area contributed by atoms with E-state index in [0.717, 1.165) is 0 Å². The monoisotopic (exact) mass is 412 g/mol. The van der Waals surface area contributed by atoms with Crippen molar-refractivity contribution in [1.29, 1.82) is 0 Å². The second-order valence-electron chi connectivity index (χ2n) is 6.98. The molecule has 152 valence electrons. The molecule has 2 N–H and O–H groups in total. The Morgan fingerprint density at radius 3 is 2.72 bits per heavy atom. The SMILES string of the molecule is CC(C)N(Cc1nc2ccccc2c(=O)[nH]1)C(=O)CCCNC(=O)c1cccs1. The first-order chi connectivity index (χ1) is 14.0. The molecule has 8 heteroatoms. The number of carbonyl (C=O) groups is 2. The summed E-state index contributed by atoms with van der Waals surface area (Å²) in [6.07, 6.45) is 0.849. The molecule has 0 spiro atoms. The van der Waals surface area contributed by atoms with Gasteiger partial charge in [0.25, 0.3) is 11.5 Å². The molecule has 0 fully saturated rings. The van der Waals surface area contributed by atoms with Gasteiger partial charge in [-0.1, -0.05) is 18.2 Å². The number of nitrogens with one attached hydrogen (secondary N) is 2. The predicted molar refractivity (Wildman–Crippen MR) is 114 cm³/mol. The van der Waals surface area contributed by atoms with E-state index in [-0.39, 0.29) is 30.0 Å². The van der Waals surface area contributed by atoms with Gasteiger partial charge in [-0.05, 0) is 43.8 Å². The summed E-state index contributed by atoms with van der Waals surface area (Å²) >= 11 is 1.38. The fraction of sp³-hybridized carbons (Fsp3) is 0.333. The molecule has 0 saturated carbocycles. The highest BCUT2D eigenvalue weighted by Crippen LogP contribution is 2.11. The van der Waals surface area contributed by atoms with Crippen LogP contribution in [0, 0.1) is 0 Å². The van der Waals surface area contributed by atoms with Gasteiger partial charge < -0.3 is 15.2 Å². The van der Waals surface area contributed by atoms with E-state index in [2.05, 4.69) is 15.3 Å². The number of aromatic amines is 1. The Hall–Kier alpha value is -3.00. The van der Waals surface area contributed by atoms with Crippen LogP contribution < -0.4 is 10.9 Å². The van der Waals surface area contributed by atoms with Crippen LogP contribution in [0.25, 0.3) is 10.9 Å². The molecule has 2 aromatic heterocycles. The smallest absolute Gasteiger partial charge is 0.261 e. The lowest BCUT2D eigenvalue weighted by atomic mass is 10.2. The lowest BCUT2D eigenvalue weighted by Gasteiger charge is -2.26. The van der Waals surface area contributed by atoms with E-state index in [1.54, 1.807) is 29.2 Å². The summed E-state index contributed by atoms with van der Waals surface area (Å²) < 4.78 is 0. The van der Waals surface area contributed by atoms with Gasteiger partial charge in [0.15, 0.2) is 0 Å². The summed E-state index contributed by atoms with van der Waals surface area (Å²) in [5, 5.41) is 5.21. The Labute approximate surface area is 172 Å². The minimum absolute atomic E-state index is 0.0406. The molecule has 29 heavy (non-hydrogen) atoms. The maximum atomic E-state index is 12.7. The number of thiophene rings is 1. The summed E-state index contributed by atoms with van der Waals surface area (Å²) in [6.45, 7) is 4.52. The van der Waals surface area contributed by atoms with E-state index in [1.165, 1.54) is 11.3 Å². The van der Waals surface area contributed by atoms with Crippen LogP contribution in [0.4, 0.5) is 0 Å². The first-order valence-corrected chi connectivity index (χ1v) is 10.4. The highest BCUT2D eigenvalue weighted by atomic mass is 32.1. The first kappa shape index (κ1) is 20.7. The van der Waals surface area contributed by atoms with Crippen LogP contribution in [0.3, 0.4) is 0 Å². The van der Waals surface area contributed by atoms with Crippen LogP contribution in [0.1, 0.15) is 42.2 Å². The van der Waals surface area contributed by atoms with Gasteiger partial charge in [0.05, 0.1) is 22.3 Å². The number of benzene rings is 1.